The molecule has 53 valence electrons. The number of carbonyl (C=O) groups is 1. The zero-order valence-corrected chi connectivity index (χ0v) is 6.46. The fraction of sp³-hybridized carbons (Fsp3) is 0.833. The van der Waals surface area contributed by atoms with Crippen LogP contribution < -0.4 is 5.73 Å². The molecule has 0 saturated carbocycles. The minimum absolute atomic E-state index is 0.508. The smallest absolute Gasteiger partial charge is 0.260 e. The maximum Gasteiger partial charge on any atom is 0.297 e. The number of unbranched alkanes of at least 4 members (excludes halogenated alkanes) is 2. The van der Waals surface area contributed by atoms with Gasteiger partial charge in [-0.3, -0.25) is 10.5 Å². The Bertz CT molecular complexity index is 85.1. The van der Waals surface area contributed by atoms with E-state index in [1.54, 1.807) is 0 Å². The van der Waals surface area contributed by atoms with Crippen LogP contribution in [0.5, 0.6) is 0 Å². The molecule has 0 aliphatic heterocycles. The van der Waals surface area contributed by atoms with Crippen molar-refractivity contribution in [1.29, 1.82) is 0 Å². The minimum Gasteiger partial charge on any atom is -0.260 e. The topological polar surface area (TPSA) is 40.9 Å². The zero-order chi connectivity index (χ0) is 7.11. The van der Waals surface area contributed by atoms with Crippen molar-refractivity contribution >= 4 is 17.0 Å². The van der Waals surface area contributed by atoms with Gasteiger partial charge in [-0.15, -0.1) is 0 Å². The van der Waals surface area contributed by atoms with Crippen LogP contribution in [0.25, 0.3) is 0 Å². The first kappa shape index (κ1) is 8.82. The largest absolute Gasteiger partial charge is 0.297 e. The van der Waals surface area contributed by atoms with Crippen molar-refractivity contribution in [2.75, 3.05) is 5.75 Å². The summed E-state index contributed by atoms with van der Waals surface area (Å²) >= 11 is 1.10. The Balaban J connectivity index is 2.83. The van der Waals surface area contributed by atoms with Gasteiger partial charge in [-0.25, -0.2) is 0 Å². The van der Waals surface area contributed by atoms with Crippen LogP contribution in [0.4, 0.5) is 4.79 Å². The van der Waals surface area contributed by atoms with Crippen molar-refractivity contribution in [2.45, 2.75) is 26.2 Å². The normalized spacial score (nSPS) is 9.44. The molecule has 3 heteroatoms. The van der Waals surface area contributed by atoms with Crippen LogP contribution in [0.2, 0.25) is 0 Å². The summed E-state index contributed by atoms with van der Waals surface area (Å²) in [6.45, 7) is 2.12. The second-order valence-electron chi connectivity index (χ2n) is 1.84. The van der Waals surface area contributed by atoms with Gasteiger partial charge in [0.15, 0.2) is 0 Å². The van der Waals surface area contributed by atoms with E-state index in [0.29, 0.717) is 0 Å². The van der Waals surface area contributed by atoms with Gasteiger partial charge in [-0.05, 0) is 6.42 Å². The summed E-state index contributed by atoms with van der Waals surface area (Å²) in [5.41, 5.74) is 6.54. The summed E-state index contributed by atoms with van der Waals surface area (Å²) in [5, 5.41) is -0.508. The van der Waals surface area contributed by atoms with Crippen LogP contribution >= 0.6 is 11.8 Å². The van der Waals surface area contributed by atoms with Crippen molar-refractivity contribution < 1.29 is 4.79 Å². The van der Waals surface area contributed by atoms with Crippen LogP contribution in [0, 0.1) is 0 Å². The van der Waals surface area contributed by atoms with E-state index >= 15 is 0 Å². The summed E-state index contributed by atoms with van der Waals surface area (Å²) in [5.74, 6) is 0.816. The van der Waals surface area contributed by atoms with Gasteiger partial charge in [0.1, 0.15) is 0 Å². The highest BCUT2D eigenvalue weighted by atomic mass is 32.2. The zero-order valence-electron chi connectivity index (χ0n) is 5.64. The van der Waals surface area contributed by atoms with Crippen LogP contribution in [-0.4, -0.2) is 11.0 Å². The molecular formula is C6H12NOS. The van der Waals surface area contributed by atoms with E-state index in [2.05, 4.69) is 6.92 Å². The number of rotatable bonds is 4. The van der Waals surface area contributed by atoms with Crippen molar-refractivity contribution in [3.63, 3.8) is 0 Å². The number of thioether (sulfide) groups is 1. The van der Waals surface area contributed by atoms with Gasteiger partial charge in [0.05, 0.1) is 0 Å². The van der Waals surface area contributed by atoms with Crippen molar-refractivity contribution in [3.05, 3.63) is 0 Å². The van der Waals surface area contributed by atoms with Crippen LogP contribution in [0.3, 0.4) is 0 Å². The van der Waals surface area contributed by atoms with Crippen LogP contribution in [0.1, 0.15) is 26.2 Å². The molecule has 0 spiro atoms. The minimum atomic E-state index is -0.508. The summed E-state index contributed by atoms with van der Waals surface area (Å²) in [6.07, 6.45) is 3.40. The molecule has 0 saturated heterocycles. The van der Waals surface area contributed by atoms with Gasteiger partial charge in [-0.2, -0.15) is 0 Å². The molecule has 0 fully saturated rings. The first-order valence-corrected chi connectivity index (χ1v) is 4.14. The van der Waals surface area contributed by atoms with Crippen molar-refractivity contribution in [3.8, 4) is 0 Å². The van der Waals surface area contributed by atoms with E-state index in [0.717, 1.165) is 23.9 Å². The molecule has 0 aliphatic rings. The maximum atomic E-state index is 10.0. The molecule has 0 atom stereocenters. The SMILES string of the molecule is CCCCCSC([NH])=O. The molecule has 0 aliphatic carbocycles. The van der Waals surface area contributed by atoms with E-state index in [9.17, 15) is 4.79 Å². The maximum absolute atomic E-state index is 10.0. The molecule has 2 nitrogen and oxygen atoms in total. The Morgan fingerprint density at radius 3 is 2.67 bits per heavy atom. The molecule has 9 heavy (non-hydrogen) atoms. The monoisotopic (exact) mass is 146 g/mol. The third-order valence-corrected chi connectivity index (χ3v) is 1.74. The standard InChI is InChI=1S/C6H12NOS/c1-2-3-4-5-9-6(7)8/h7H,2-5H2,1H3. The molecule has 0 bridgehead atoms. The highest BCUT2D eigenvalue weighted by Crippen LogP contribution is 2.05. The average molecular weight is 146 g/mol. The van der Waals surface area contributed by atoms with Gasteiger partial charge >= 0.3 is 0 Å². The molecule has 0 unspecified atom stereocenters. The molecule has 1 N–H and O–H groups in total. The number of hydrogen-bond donors (Lipinski definition) is 0. The lowest BCUT2D eigenvalue weighted by Gasteiger charge is -1.92. The number of nitrogens with one attached hydrogen (secondary N) is 1. The highest BCUT2D eigenvalue weighted by Gasteiger charge is 1.93. The molecule has 0 aromatic carbocycles. The third-order valence-electron chi connectivity index (χ3n) is 0.981. The van der Waals surface area contributed by atoms with Crippen LogP contribution in [-0.2, 0) is 0 Å². The molecule has 1 amide bonds. The Morgan fingerprint density at radius 1 is 1.56 bits per heavy atom. The lowest BCUT2D eigenvalue weighted by Crippen LogP contribution is -1.89. The number of carbonyl (C=O) groups excluding carboxylic acids is 1. The highest BCUT2D eigenvalue weighted by molar-refractivity contribution is 8.13. The Labute approximate surface area is 60.2 Å². The second-order valence-corrected chi connectivity index (χ2v) is 2.91. The molecular weight excluding hydrogens is 134 g/mol. The lowest BCUT2D eigenvalue weighted by molar-refractivity contribution is 0.266. The number of amides is 1. The molecule has 0 aromatic rings. The molecule has 0 aromatic heterocycles. The van der Waals surface area contributed by atoms with Gasteiger partial charge in [0.2, 0.25) is 0 Å². The Morgan fingerprint density at radius 2 is 2.22 bits per heavy atom. The fourth-order valence-corrected chi connectivity index (χ4v) is 1.05. The van der Waals surface area contributed by atoms with E-state index in [1.807, 2.05) is 0 Å². The molecule has 0 heterocycles. The summed E-state index contributed by atoms with van der Waals surface area (Å²) < 4.78 is 0. The summed E-state index contributed by atoms with van der Waals surface area (Å²) in [6, 6.07) is 0. The third kappa shape index (κ3) is 7.82. The first-order valence-electron chi connectivity index (χ1n) is 3.15. The number of hydrogen-bond acceptors (Lipinski definition) is 2. The summed E-state index contributed by atoms with van der Waals surface area (Å²) in [7, 11) is 0. The Hall–Kier alpha value is -0.180. The van der Waals surface area contributed by atoms with Gasteiger partial charge in [-0.1, -0.05) is 31.5 Å². The van der Waals surface area contributed by atoms with Gasteiger partial charge in [0.25, 0.3) is 5.24 Å². The van der Waals surface area contributed by atoms with Crippen molar-refractivity contribution in [1.82, 2.24) is 5.73 Å². The van der Waals surface area contributed by atoms with Gasteiger partial charge in [0, 0.05) is 5.75 Å². The van der Waals surface area contributed by atoms with Crippen molar-refractivity contribution in [2.24, 2.45) is 0 Å². The van der Waals surface area contributed by atoms with Gasteiger partial charge < -0.3 is 0 Å². The second kappa shape index (κ2) is 5.95. The first-order chi connectivity index (χ1) is 4.27. The van der Waals surface area contributed by atoms with E-state index in [4.69, 9.17) is 5.73 Å². The summed E-state index contributed by atoms with van der Waals surface area (Å²) in [4.78, 5) is 10.0. The molecule has 1 radical (unpaired) electrons. The quantitative estimate of drug-likeness (QED) is 0.571. The Kier molecular flexibility index (Phi) is 5.83. The molecule has 0 rings (SSSR count). The predicted octanol–water partition coefficient (Wildman–Crippen LogP) is 2.31. The van der Waals surface area contributed by atoms with E-state index in [-0.39, 0.29) is 0 Å². The van der Waals surface area contributed by atoms with E-state index < -0.39 is 5.24 Å². The van der Waals surface area contributed by atoms with E-state index in [1.165, 1.54) is 12.8 Å². The fourth-order valence-electron chi connectivity index (χ4n) is 0.517. The van der Waals surface area contributed by atoms with Crippen LogP contribution in [0.15, 0.2) is 0 Å². The predicted molar refractivity (Wildman–Crippen MR) is 40.5 cm³/mol. The average Bonchev–Trinajstić information content (AvgIpc) is 1.80. The lowest BCUT2D eigenvalue weighted by atomic mass is 10.3.